The Kier molecular flexibility index (Phi) is 15.5. The summed E-state index contributed by atoms with van der Waals surface area (Å²) in [6.07, 6.45) is 5.36. The zero-order chi connectivity index (χ0) is 22.3. The molecule has 1 saturated heterocycles. The molecule has 1 aliphatic rings. The Morgan fingerprint density at radius 3 is 2.53 bits per heavy atom. The van der Waals surface area contributed by atoms with Crippen LogP contribution in [0.5, 0.6) is 11.5 Å². The third-order valence-electron chi connectivity index (χ3n) is 5.34. The van der Waals surface area contributed by atoms with Crippen LogP contribution in [0.1, 0.15) is 45.1 Å². The molecule has 1 aliphatic heterocycles. The molecule has 184 valence electrons. The topological polar surface area (TPSA) is 64.6 Å². The summed E-state index contributed by atoms with van der Waals surface area (Å²) >= 11 is 0. The third kappa shape index (κ3) is 10.1. The number of halogens is 1. The first-order valence-corrected chi connectivity index (χ1v) is 11.6. The van der Waals surface area contributed by atoms with Crippen molar-refractivity contribution in [2.24, 2.45) is 4.99 Å². The maximum absolute atomic E-state index is 5.98. The standard InChI is InChI=1S/C24H41N3O4.HI/c1-5-25-24(27-15-12-21(13-16-27)31-18-8-17-28-3)26-14-7-9-20-10-11-22(29-4)23(19-20)30-6-2;/h10-11,19,21H,5-9,12-18H2,1-4H3,(H,25,26);1H. The molecule has 0 unspecified atom stereocenters. The van der Waals surface area contributed by atoms with E-state index in [0.29, 0.717) is 12.7 Å². The van der Waals surface area contributed by atoms with Crippen molar-refractivity contribution >= 4 is 29.9 Å². The SMILES string of the molecule is CCNC(=NCCCc1ccc(OC)c(OCC)c1)N1CCC(OCCCOC)CC1.I. The van der Waals surface area contributed by atoms with Gasteiger partial charge in [0.05, 0.1) is 19.8 Å². The molecule has 1 aromatic carbocycles. The van der Waals surface area contributed by atoms with Crippen LogP contribution in [0.15, 0.2) is 23.2 Å². The lowest BCUT2D eigenvalue weighted by Gasteiger charge is -2.34. The van der Waals surface area contributed by atoms with Crippen LogP contribution in [0.25, 0.3) is 0 Å². The number of likely N-dealkylation sites (tertiary alicyclic amines) is 1. The first kappa shape index (κ1) is 28.8. The van der Waals surface area contributed by atoms with Crippen molar-refractivity contribution in [3.8, 4) is 11.5 Å². The molecule has 7 nitrogen and oxygen atoms in total. The summed E-state index contributed by atoms with van der Waals surface area (Å²) in [5.74, 6) is 2.61. The molecular formula is C24H42IN3O4. The smallest absolute Gasteiger partial charge is 0.193 e. The second-order valence-electron chi connectivity index (χ2n) is 7.66. The van der Waals surface area contributed by atoms with Crippen molar-refractivity contribution < 1.29 is 18.9 Å². The van der Waals surface area contributed by atoms with Crippen LogP contribution in [-0.2, 0) is 15.9 Å². The van der Waals surface area contributed by atoms with E-state index in [9.17, 15) is 0 Å². The second-order valence-corrected chi connectivity index (χ2v) is 7.66. The van der Waals surface area contributed by atoms with Crippen LogP contribution in [0, 0.1) is 0 Å². The number of benzene rings is 1. The second kappa shape index (κ2) is 17.2. The summed E-state index contributed by atoms with van der Waals surface area (Å²) < 4.78 is 22.1. The van der Waals surface area contributed by atoms with E-state index in [4.69, 9.17) is 23.9 Å². The van der Waals surface area contributed by atoms with Crippen LogP contribution in [0.3, 0.4) is 0 Å². The van der Waals surface area contributed by atoms with E-state index in [1.54, 1.807) is 14.2 Å². The Labute approximate surface area is 211 Å². The van der Waals surface area contributed by atoms with Crippen LogP contribution >= 0.6 is 24.0 Å². The highest BCUT2D eigenvalue weighted by Gasteiger charge is 2.21. The highest BCUT2D eigenvalue weighted by molar-refractivity contribution is 14.0. The fraction of sp³-hybridized carbons (Fsp3) is 0.708. The molecule has 0 radical (unpaired) electrons. The third-order valence-corrected chi connectivity index (χ3v) is 5.34. The van der Waals surface area contributed by atoms with Gasteiger partial charge in [-0.1, -0.05) is 6.07 Å². The quantitative estimate of drug-likeness (QED) is 0.169. The van der Waals surface area contributed by atoms with E-state index in [2.05, 4.69) is 29.3 Å². The molecule has 0 atom stereocenters. The Hall–Kier alpha value is -1.26. The number of piperidine rings is 1. The summed E-state index contributed by atoms with van der Waals surface area (Å²) in [6.45, 7) is 9.92. The van der Waals surface area contributed by atoms with Gasteiger partial charge in [0.25, 0.3) is 0 Å². The van der Waals surface area contributed by atoms with Gasteiger partial charge in [0.1, 0.15) is 0 Å². The lowest BCUT2D eigenvalue weighted by Crippen LogP contribution is -2.47. The van der Waals surface area contributed by atoms with Gasteiger partial charge in [0, 0.05) is 46.5 Å². The van der Waals surface area contributed by atoms with Crippen molar-refractivity contribution in [2.75, 3.05) is 60.2 Å². The average molecular weight is 564 g/mol. The average Bonchev–Trinajstić information content (AvgIpc) is 2.80. The molecule has 0 amide bonds. The summed E-state index contributed by atoms with van der Waals surface area (Å²) in [7, 11) is 3.40. The predicted octanol–water partition coefficient (Wildman–Crippen LogP) is 4.13. The number of ether oxygens (including phenoxy) is 4. The fourth-order valence-corrected chi connectivity index (χ4v) is 3.73. The van der Waals surface area contributed by atoms with Crippen molar-refractivity contribution in [1.82, 2.24) is 10.2 Å². The van der Waals surface area contributed by atoms with Crippen molar-refractivity contribution in [2.45, 2.75) is 52.1 Å². The van der Waals surface area contributed by atoms with E-state index in [1.807, 2.05) is 13.0 Å². The first-order chi connectivity index (χ1) is 15.2. The van der Waals surface area contributed by atoms with Crippen molar-refractivity contribution in [1.29, 1.82) is 0 Å². The molecule has 1 fully saturated rings. The number of hydrogen-bond donors (Lipinski definition) is 1. The Bertz CT molecular complexity index is 652. The lowest BCUT2D eigenvalue weighted by molar-refractivity contribution is 0.00990. The van der Waals surface area contributed by atoms with Crippen LogP contribution in [0.4, 0.5) is 0 Å². The molecular weight excluding hydrogens is 521 g/mol. The van der Waals surface area contributed by atoms with Gasteiger partial charge in [-0.25, -0.2) is 0 Å². The zero-order valence-corrected chi connectivity index (χ0v) is 22.6. The summed E-state index contributed by atoms with van der Waals surface area (Å²) in [4.78, 5) is 7.23. The molecule has 8 heteroatoms. The van der Waals surface area contributed by atoms with Crippen molar-refractivity contribution in [3.05, 3.63) is 23.8 Å². The van der Waals surface area contributed by atoms with Crippen LogP contribution < -0.4 is 14.8 Å². The predicted molar refractivity (Wildman–Crippen MR) is 141 cm³/mol. The summed E-state index contributed by atoms with van der Waals surface area (Å²) in [6, 6.07) is 6.16. The Morgan fingerprint density at radius 2 is 1.88 bits per heavy atom. The fourth-order valence-electron chi connectivity index (χ4n) is 3.73. The minimum absolute atomic E-state index is 0. The lowest BCUT2D eigenvalue weighted by atomic mass is 10.1. The van der Waals surface area contributed by atoms with Gasteiger partial charge in [0.2, 0.25) is 0 Å². The highest BCUT2D eigenvalue weighted by Crippen LogP contribution is 2.28. The molecule has 1 N–H and O–H groups in total. The highest BCUT2D eigenvalue weighted by atomic mass is 127. The number of guanidine groups is 1. The van der Waals surface area contributed by atoms with E-state index in [0.717, 1.165) is 89.0 Å². The number of rotatable bonds is 13. The molecule has 0 bridgehead atoms. The van der Waals surface area contributed by atoms with Crippen molar-refractivity contribution in [3.63, 3.8) is 0 Å². The molecule has 1 aromatic rings. The Balaban J connectivity index is 0.00000512. The number of methoxy groups -OCH3 is 2. The first-order valence-electron chi connectivity index (χ1n) is 11.6. The monoisotopic (exact) mass is 563 g/mol. The van der Waals surface area contributed by atoms with Crippen LogP contribution in [-0.4, -0.2) is 77.2 Å². The molecule has 0 aromatic heterocycles. The van der Waals surface area contributed by atoms with Gasteiger partial charge >= 0.3 is 0 Å². The zero-order valence-electron chi connectivity index (χ0n) is 20.2. The number of hydrogen-bond acceptors (Lipinski definition) is 5. The minimum atomic E-state index is 0. The van der Waals surface area contributed by atoms with E-state index in [1.165, 1.54) is 5.56 Å². The molecule has 0 spiro atoms. The number of nitrogens with zero attached hydrogens (tertiary/aromatic N) is 2. The van der Waals surface area contributed by atoms with Gasteiger partial charge in [-0.05, 0) is 63.6 Å². The van der Waals surface area contributed by atoms with Gasteiger partial charge in [-0.2, -0.15) is 0 Å². The maximum atomic E-state index is 5.98. The molecule has 2 rings (SSSR count). The number of aryl methyl sites for hydroxylation is 1. The van der Waals surface area contributed by atoms with E-state index < -0.39 is 0 Å². The maximum Gasteiger partial charge on any atom is 0.193 e. The number of aliphatic imine (C=N–C) groups is 1. The van der Waals surface area contributed by atoms with Gasteiger partial charge < -0.3 is 29.2 Å². The molecule has 0 saturated carbocycles. The number of nitrogens with one attached hydrogen (secondary N) is 1. The largest absolute Gasteiger partial charge is 0.493 e. The molecule has 0 aliphatic carbocycles. The van der Waals surface area contributed by atoms with Gasteiger partial charge in [-0.15, -0.1) is 24.0 Å². The van der Waals surface area contributed by atoms with Gasteiger partial charge in [-0.3, -0.25) is 4.99 Å². The molecule has 1 heterocycles. The van der Waals surface area contributed by atoms with E-state index >= 15 is 0 Å². The van der Waals surface area contributed by atoms with E-state index in [-0.39, 0.29) is 24.0 Å². The van der Waals surface area contributed by atoms with Crippen LogP contribution in [0.2, 0.25) is 0 Å². The molecule has 32 heavy (non-hydrogen) atoms. The Morgan fingerprint density at radius 1 is 1.09 bits per heavy atom. The summed E-state index contributed by atoms with van der Waals surface area (Å²) in [5.41, 5.74) is 1.25. The normalized spacial score (nSPS) is 14.8. The van der Waals surface area contributed by atoms with Gasteiger partial charge in [0.15, 0.2) is 17.5 Å². The summed E-state index contributed by atoms with van der Waals surface area (Å²) in [5, 5.41) is 3.45. The minimum Gasteiger partial charge on any atom is -0.493 e.